The van der Waals surface area contributed by atoms with Gasteiger partial charge in [0.05, 0.1) is 0 Å². The molecule has 0 spiro atoms. The zero-order valence-electron chi connectivity index (χ0n) is 10.6. The lowest BCUT2D eigenvalue weighted by Gasteiger charge is -2.06. The third-order valence-electron chi connectivity index (χ3n) is 2.44. The van der Waals surface area contributed by atoms with E-state index >= 15 is 0 Å². The topological polar surface area (TPSA) is 54.0 Å². The SMILES string of the molecule is CCCCCNC(=O)c1cc(NCC)ccn1. The van der Waals surface area contributed by atoms with E-state index in [0.717, 1.165) is 38.0 Å². The molecule has 0 aliphatic rings. The normalized spacial score (nSPS) is 10.0. The molecule has 0 atom stereocenters. The third kappa shape index (κ3) is 4.85. The van der Waals surface area contributed by atoms with Gasteiger partial charge < -0.3 is 10.6 Å². The van der Waals surface area contributed by atoms with E-state index in [1.807, 2.05) is 13.0 Å². The van der Waals surface area contributed by atoms with Crippen LogP contribution in [0.3, 0.4) is 0 Å². The fourth-order valence-electron chi connectivity index (χ4n) is 1.54. The molecule has 1 heterocycles. The summed E-state index contributed by atoms with van der Waals surface area (Å²) < 4.78 is 0. The highest BCUT2D eigenvalue weighted by Crippen LogP contribution is 2.07. The van der Waals surface area contributed by atoms with Crippen molar-refractivity contribution in [1.29, 1.82) is 0 Å². The first-order chi connectivity index (χ1) is 8.27. The molecule has 4 heteroatoms. The van der Waals surface area contributed by atoms with Crippen LogP contribution in [0.1, 0.15) is 43.6 Å². The zero-order chi connectivity index (χ0) is 12.5. The molecule has 0 unspecified atom stereocenters. The van der Waals surface area contributed by atoms with E-state index in [1.165, 1.54) is 0 Å². The molecule has 0 aliphatic heterocycles. The van der Waals surface area contributed by atoms with E-state index in [2.05, 4.69) is 22.5 Å². The van der Waals surface area contributed by atoms with Gasteiger partial charge in [-0.25, -0.2) is 0 Å². The summed E-state index contributed by atoms with van der Waals surface area (Å²) in [5.74, 6) is -0.0964. The Hall–Kier alpha value is -1.58. The molecule has 0 fully saturated rings. The maximum atomic E-state index is 11.8. The molecule has 0 bridgehead atoms. The fourth-order valence-corrected chi connectivity index (χ4v) is 1.54. The molecule has 94 valence electrons. The smallest absolute Gasteiger partial charge is 0.269 e. The van der Waals surface area contributed by atoms with Crippen LogP contribution in [0.4, 0.5) is 5.69 Å². The van der Waals surface area contributed by atoms with Crippen LogP contribution in [-0.4, -0.2) is 24.0 Å². The van der Waals surface area contributed by atoms with Gasteiger partial charge in [0.1, 0.15) is 5.69 Å². The first kappa shape index (κ1) is 13.5. The minimum atomic E-state index is -0.0964. The van der Waals surface area contributed by atoms with Crippen molar-refractivity contribution in [3.8, 4) is 0 Å². The number of pyridine rings is 1. The van der Waals surface area contributed by atoms with Crippen molar-refractivity contribution in [2.45, 2.75) is 33.1 Å². The molecular weight excluding hydrogens is 214 g/mol. The number of carbonyl (C=O) groups is 1. The highest BCUT2D eigenvalue weighted by molar-refractivity contribution is 5.93. The predicted octanol–water partition coefficient (Wildman–Crippen LogP) is 2.43. The van der Waals surface area contributed by atoms with Crippen LogP contribution in [0, 0.1) is 0 Å². The van der Waals surface area contributed by atoms with Crippen LogP contribution >= 0.6 is 0 Å². The van der Waals surface area contributed by atoms with E-state index in [4.69, 9.17) is 0 Å². The number of nitrogens with zero attached hydrogens (tertiary/aromatic N) is 1. The number of unbranched alkanes of at least 4 members (excludes halogenated alkanes) is 2. The maximum Gasteiger partial charge on any atom is 0.269 e. The molecule has 0 aliphatic carbocycles. The number of hydrogen-bond donors (Lipinski definition) is 2. The summed E-state index contributed by atoms with van der Waals surface area (Å²) in [5, 5.41) is 6.03. The van der Waals surface area contributed by atoms with Crippen LogP contribution in [0.15, 0.2) is 18.3 Å². The maximum absolute atomic E-state index is 11.8. The summed E-state index contributed by atoms with van der Waals surface area (Å²) in [5.41, 5.74) is 1.40. The quantitative estimate of drug-likeness (QED) is 0.714. The summed E-state index contributed by atoms with van der Waals surface area (Å²) in [4.78, 5) is 15.8. The van der Waals surface area contributed by atoms with Gasteiger partial charge >= 0.3 is 0 Å². The van der Waals surface area contributed by atoms with Crippen LogP contribution in [0.5, 0.6) is 0 Å². The van der Waals surface area contributed by atoms with Gasteiger partial charge in [-0.2, -0.15) is 0 Å². The summed E-state index contributed by atoms with van der Waals surface area (Å²) >= 11 is 0. The Labute approximate surface area is 103 Å². The summed E-state index contributed by atoms with van der Waals surface area (Å²) in [6.45, 7) is 5.72. The lowest BCUT2D eigenvalue weighted by Crippen LogP contribution is -2.25. The summed E-state index contributed by atoms with van der Waals surface area (Å²) in [7, 11) is 0. The van der Waals surface area contributed by atoms with Crippen molar-refractivity contribution >= 4 is 11.6 Å². The van der Waals surface area contributed by atoms with Crippen molar-refractivity contribution in [3.63, 3.8) is 0 Å². The van der Waals surface area contributed by atoms with Gasteiger partial charge in [0.15, 0.2) is 0 Å². The van der Waals surface area contributed by atoms with Crippen LogP contribution < -0.4 is 10.6 Å². The first-order valence-electron chi connectivity index (χ1n) is 6.26. The van der Waals surface area contributed by atoms with Crippen molar-refractivity contribution in [1.82, 2.24) is 10.3 Å². The van der Waals surface area contributed by atoms with E-state index in [1.54, 1.807) is 12.3 Å². The fraction of sp³-hybridized carbons (Fsp3) is 0.538. The number of anilines is 1. The molecule has 1 aromatic rings. The molecule has 1 aromatic heterocycles. The van der Waals surface area contributed by atoms with Crippen LogP contribution in [0.25, 0.3) is 0 Å². The summed E-state index contributed by atoms with van der Waals surface area (Å²) in [6.07, 6.45) is 4.98. The molecule has 4 nitrogen and oxygen atoms in total. The number of rotatable bonds is 7. The van der Waals surface area contributed by atoms with Gasteiger partial charge in [0.2, 0.25) is 0 Å². The molecule has 0 saturated carbocycles. The predicted molar refractivity (Wildman–Crippen MR) is 70.3 cm³/mol. The molecule has 0 aromatic carbocycles. The number of carbonyl (C=O) groups excluding carboxylic acids is 1. The second kappa shape index (κ2) is 7.65. The van der Waals surface area contributed by atoms with E-state index < -0.39 is 0 Å². The van der Waals surface area contributed by atoms with Crippen molar-refractivity contribution in [3.05, 3.63) is 24.0 Å². The van der Waals surface area contributed by atoms with Gasteiger partial charge in [-0.05, 0) is 25.5 Å². The van der Waals surface area contributed by atoms with Crippen LogP contribution in [0.2, 0.25) is 0 Å². The molecule has 0 radical (unpaired) electrons. The van der Waals surface area contributed by atoms with E-state index in [9.17, 15) is 4.79 Å². The lowest BCUT2D eigenvalue weighted by molar-refractivity contribution is 0.0948. The third-order valence-corrected chi connectivity index (χ3v) is 2.44. The number of nitrogens with one attached hydrogen (secondary N) is 2. The Bertz CT molecular complexity index is 352. The molecular formula is C13H21N3O. The van der Waals surface area contributed by atoms with E-state index in [-0.39, 0.29) is 5.91 Å². The second-order valence-corrected chi connectivity index (χ2v) is 3.92. The Morgan fingerprint density at radius 1 is 1.35 bits per heavy atom. The highest BCUT2D eigenvalue weighted by Gasteiger charge is 2.06. The minimum absolute atomic E-state index is 0.0964. The Balaban J connectivity index is 2.47. The molecule has 17 heavy (non-hydrogen) atoms. The highest BCUT2D eigenvalue weighted by atomic mass is 16.1. The average Bonchev–Trinajstić information content (AvgIpc) is 2.35. The van der Waals surface area contributed by atoms with E-state index in [0.29, 0.717) is 5.69 Å². The van der Waals surface area contributed by atoms with Gasteiger partial charge in [-0.15, -0.1) is 0 Å². The van der Waals surface area contributed by atoms with Crippen LogP contribution in [-0.2, 0) is 0 Å². The van der Waals surface area contributed by atoms with Crippen molar-refractivity contribution in [2.75, 3.05) is 18.4 Å². The molecule has 1 amide bonds. The Kier molecular flexibility index (Phi) is 6.07. The van der Waals surface area contributed by atoms with Crippen molar-refractivity contribution in [2.24, 2.45) is 0 Å². The monoisotopic (exact) mass is 235 g/mol. The Morgan fingerprint density at radius 2 is 2.18 bits per heavy atom. The van der Waals surface area contributed by atoms with Crippen molar-refractivity contribution < 1.29 is 4.79 Å². The summed E-state index contributed by atoms with van der Waals surface area (Å²) in [6, 6.07) is 3.63. The van der Waals surface area contributed by atoms with Gasteiger partial charge in [0, 0.05) is 25.0 Å². The molecule has 0 saturated heterocycles. The lowest BCUT2D eigenvalue weighted by atomic mass is 10.2. The average molecular weight is 235 g/mol. The molecule has 1 rings (SSSR count). The Morgan fingerprint density at radius 3 is 2.88 bits per heavy atom. The van der Waals surface area contributed by atoms with Gasteiger partial charge in [0.25, 0.3) is 5.91 Å². The largest absolute Gasteiger partial charge is 0.385 e. The standard InChI is InChI=1S/C13H21N3O/c1-3-5-6-8-16-13(17)12-10-11(14-4-2)7-9-15-12/h7,9-10H,3-6,8H2,1-2H3,(H,14,15)(H,16,17). The van der Waals surface area contributed by atoms with Gasteiger partial charge in [-0.3, -0.25) is 9.78 Å². The number of aromatic nitrogens is 1. The number of hydrogen-bond acceptors (Lipinski definition) is 3. The van der Waals surface area contributed by atoms with Gasteiger partial charge in [-0.1, -0.05) is 19.8 Å². The first-order valence-corrected chi connectivity index (χ1v) is 6.26. The minimum Gasteiger partial charge on any atom is -0.385 e. The molecule has 2 N–H and O–H groups in total. The number of amides is 1. The zero-order valence-corrected chi connectivity index (χ0v) is 10.6. The second-order valence-electron chi connectivity index (χ2n) is 3.92.